The van der Waals surface area contributed by atoms with Crippen LogP contribution in [0.2, 0.25) is 0 Å². The summed E-state index contributed by atoms with van der Waals surface area (Å²) in [5.41, 5.74) is 23.2. The van der Waals surface area contributed by atoms with Gasteiger partial charge < -0.3 is 54.1 Å². The van der Waals surface area contributed by atoms with E-state index in [1.165, 1.54) is 6.92 Å². The van der Waals surface area contributed by atoms with Crippen molar-refractivity contribution in [1.29, 1.82) is 0 Å². The molecule has 0 saturated carbocycles. The Balaban J connectivity index is 2.24. The topological polar surface area (TPSA) is 294 Å². The molecule has 0 fully saturated rings. The summed E-state index contributed by atoms with van der Waals surface area (Å²) in [4.78, 5) is 68.9. The van der Waals surface area contributed by atoms with Gasteiger partial charge in [0.15, 0.2) is 5.96 Å². The predicted octanol–water partition coefficient (Wildman–Crippen LogP) is -2.72. The number of aliphatic carboxylic acids is 1. The lowest BCUT2D eigenvalue weighted by Crippen LogP contribution is -2.60. The molecular formula is C26H39N9O7. The fourth-order valence-corrected chi connectivity index (χ4v) is 4.12. The molecule has 16 heteroatoms. The van der Waals surface area contributed by atoms with Crippen LogP contribution >= 0.6 is 0 Å². The molecule has 42 heavy (non-hydrogen) atoms. The number of aromatic amines is 1. The number of hydrogen-bond donors (Lipinski definition) is 10. The molecule has 1 aromatic carbocycles. The summed E-state index contributed by atoms with van der Waals surface area (Å²) in [5, 5.41) is 27.7. The number of benzene rings is 1. The monoisotopic (exact) mass is 589 g/mol. The van der Waals surface area contributed by atoms with Gasteiger partial charge in [0.25, 0.3) is 0 Å². The largest absolute Gasteiger partial charge is 0.480 e. The molecule has 0 spiro atoms. The number of rotatable bonds is 17. The molecule has 5 atom stereocenters. The highest BCUT2D eigenvalue weighted by atomic mass is 16.4. The first-order valence-corrected chi connectivity index (χ1v) is 13.3. The molecule has 0 aliphatic heterocycles. The van der Waals surface area contributed by atoms with Crippen LogP contribution < -0.4 is 38.9 Å². The van der Waals surface area contributed by atoms with Crippen LogP contribution in [0, 0.1) is 0 Å². The number of primary amides is 1. The van der Waals surface area contributed by atoms with Crippen molar-refractivity contribution in [2.75, 3.05) is 6.54 Å². The summed E-state index contributed by atoms with van der Waals surface area (Å²) in [6.45, 7) is 1.48. The van der Waals surface area contributed by atoms with E-state index in [1.807, 2.05) is 24.3 Å². The zero-order chi connectivity index (χ0) is 31.4. The molecular weight excluding hydrogens is 550 g/mol. The number of para-hydroxylation sites is 1. The molecule has 14 N–H and O–H groups in total. The lowest BCUT2D eigenvalue weighted by Gasteiger charge is -2.26. The van der Waals surface area contributed by atoms with Crippen molar-refractivity contribution in [3.05, 3.63) is 36.0 Å². The Morgan fingerprint density at radius 3 is 2.24 bits per heavy atom. The standard InChI is InChI=1S/C26H39N9O7/c1-13(36)21(24(40)33-18(25(41)42)8-9-20(28)37)35-23(39)19(11-14-12-32-17-7-3-2-5-15(14)17)34-22(38)16(27)6-4-10-31-26(29)30/h2-3,5,7,12-13,16,18-19,21,32,36H,4,6,8-11,27H2,1H3,(H2,28,37)(H,33,40)(H,34,38)(H,35,39)(H,41,42)(H4,29,30,31). The van der Waals surface area contributed by atoms with Crippen molar-refractivity contribution in [2.24, 2.45) is 27.9 Å². The van der Waals surface area contributed by atoms with Gasteiger partial charge in [0, 0.05) is 36.5 Å². The number of aliphatic hydroxyl groups is 1. The maximum atomic E-state index is 13.5. The first kappa shape index (κ1) is 33.5. The number of fused-ring (bicyclic) bond motifs is 1. The number of hydrogen-bond acceptors (Lipinski definition) is 8. The second-order valence-electron chi connectivity index (χ2n) is 9.81. The fourth-order valence-electron chi connectivity index (χ4n) is 4.12. The number of aliphatic imine (C=N–C) groups is 1. The van der Waals surface area contributed by atoms with Crippen LogP contribution in [0.1, 0.15) is 38.2 Å². The number of carboxylic acid groups (broad SMARTS) is 1. The summed E-state index contributed by atoms with van der Waals surface area (Å²) >= 11 is 0. The second kappa shape index (κ2) is 15.9. The maximum Gasteiger partial charge on any atom is 0.326 e. The molecule has 230 valence electrons. The normalized spacial score (nSPS) is 14.5. The second-order valence-corrected chi connectivity index (χ2v) is 9.81. The van der Waals surface area contributed by atoms with Gasteiger partial charge in [-0.25, -0.2) is 4.79 Å². The summed E-state index contributed by atoms with van der Waals surface area (Å²) < 4.78 is 0. The molecule has 4 amide bonds. The Morgan fingerprint density at radius 1 is 0.952 bits per heavy atom. The highest BCUT2D eigenvalue weighted by Crippen LogP contribution is 2.19. The number of carbonyl (C=O) groups is 5. The van der Waals surface area contributed by atoms with E-state index in [0.717, 1.165) is 10.9 Å². The molecule has 1 heterocycles. The molecule has 0 radical (unpaired) electrons. The molecule has 0 aliphatic rings. The number of amides is 4. The van der Waals surface area contributed by atoms with Gasteiger partial charge in [-0.2, -0.15) is 0 Å². The van der Waals surface area contributed by atoms with E-state index in [9.17, 15) is 34.2 Å². The number of nitrogens with zero attached hydrogens (tertiary/aromatic N) is 1. The predicted molar refractivity (Wildman–Crippen MR) is 153 cm³/mol. The number of nitrogens with two attached hydrogens (primary N) is 4. The lowest BCUT2D eigenvalue weighted by atomic mass is 10.0. The van der Waals surface area contributed by atoms with E-state index >= 15 is 0 Å². The Labute approximate surface area is 241 Å². The number of H-pyrrole nitrogens is 1. The van der Waals surface area contributed by atoms with Crippen LogP contribution in [0.4, 0.5) is 0 Å². The summed E-state index contributed by atoms with van der Waals surface area (Å²) in [6, 6.07) is 1.97. The fraction of sp³-hybridized carbons (Fsp3) is 0.462. The van der Waals surface area contributed by atoms with Gasteiger partial charge in [-0.05, 0) is 37.8 Å². The molecule has 2 rings (SSSR count). The van der Waals surface area contributed by atoms with Gasteiger partial charge in [-0.15, -0.1) is 0 Å². The van der Waals surface area contributed by atoms with Crippen LogP contribution in [0.5, 0.6) is 0 Å². The van der Waals surface area contributed by atoms with Gasteiger partial charge in [0.05, 0.1) is 12.1 Å². The van der Waals surface area contributed by atoms with Crippen LogP contribution in [-0.2, 0) is 30.4 Å². The summed E-state index contributed by atoms with van der Waals surface area (Å²) in [7, 11) is 0. The summed E-state index contributed by atoms with van der Waals surface area (Å²) in [5.74, 6) is -4.77. The minimum absolute atomic E-state index is 0.00712. The van der Waals surface area contributed by atoms with Crippen molar-refractivity contribution in [1.82, 2.24) is 20.9 Å². The van der Waals surface area contributed by atoms with Crippen molar-refractivity contribution in [3.8, 4) is 0 Å². The van der Waals surface area contributed by atoms with E-state index in [2.05, 4.69) is 25.9 Å². The van der Waals surface area contributed by atoms with Crippen molar-refractivity contribution in [2.45, 2.75) is 69.3 Å². The molecule has 0 aliphatic carbocycles. The Kier molecular flexibility index (Phi) is 12.7. The van der Waals surface area contributed by atoms with Gasteiger partial charge in [0.1, 0.15) is 18.1 Å². The van der Waals surface area contributed by atoms with Crippen LogP contribution in [0.25, 0.3) is 10.9 Å². The average molecular weight is 590 g/mol. The van der Waals surface area contributed by atoms with Crippen molar-refractivity contribution in [3.63, 3.8) is 0 Å². The zero-order valence-electron chi connectivity index (χ0n) is 23.2. The third-order valence-corrected chi connectivity index (χ3v) is 6.39. The first-order chi connectivity index (χ1) is 19.8. The minimum Gasteiger partial charge on any atom is -0.480 e. The smallest absolute Gasteiger partial charge is 0.326 e. The summed E-state index contributed by atoms with van der Waals surface area (Å²) in [6.07, 6.45) is 0.224. The van der Waals surface area contributed by atoms with Crippen LogP contribution in [-0.4, -0.2) is 87.6 Å². The van der Waals surface area contributed by atoms with Crippen molar-refractivity contribution >= 4 is 46.5 Å². The van der Waals surface area contributed by atoms with Crippen LogP contribution in [0.3, 0.4) is 0 Å². The number of guanidine groups is 1. The zero-order valence-corrected chi connectivity index (χ0v) is 23.2. The molecule has 1 aromatic heterocycles. The third-order valence-electron chi connectivity index (χ3n) is 6.39. The molecule has 0 saturated heterocycles. The van der Waals surface area contributed by atoms with Gasteiger partial charge >= 0.3 is 5.97 Å². The Bertz CT molecular complexity index is 1290. The van der Waals surface area contributed by atoms with Crippen molar-refractivity contribution < 1.29 is 34.2 Å². The quantitative estimate of drug-likeness (QED) is 0.0516. The van der Waals surface area contributed by atoms with E-state index in [1.54, 1.807) is 6.20 Å². The number of carboxylic acids is 1. The molecule has 2 aromatic rings. The average Bonchev–Trinajstić information content (AvgIpc) is 3.33. The van der Waals surface area contributed by atoms with Gasteiger partial charge in [-0.3, -0.25) is 24.2 Å². The lowest BCUT2D eigenvalue weighted by molar-refractivity contribution is -0.143. The number of aromatic nitrogens is 1. The van der Waals surface area contributed by atoms with Gasteiger partial charge in [-0.1, -0.05) is 18.2 Å². The first-order valence-electron chi connectivity index (χ1n) is 13.3. The Morgan fingerprint density at radius 2 is 1.62 bits per heavy atom. The maximum absolute atomic E-state index is 13.5. The molecule has 16 nitrogen and oxygen atoms in total. The number of aliphatic hydroxyl groups excluding tert-OH is 1. The van der Waals surface area contributed by atoms with Crippen LogP contribution in [0.15, 0.2) is 35.5 Å². The minimum atomic E-state index is -1.59. The highest BCUT2D eigenvalue weighted by Gasteiger charge is 2.33. The number of carbonyl (C=O) groups excluding carboxylic acids is 4. The highest BCUT2D eigenvalue weighted by molar-refractivity contribution is 5.95. The SMILES string of the molecule is CC(O)C(NC(=O)C(Cc1c[nH]c2ccccc12)NC(=O)C(N)CCCN=C(N)N)C(=O)NC(CCC(N)=O)C(=O)O. The third kappa shape index (κ3) is 10.4. The molecule has 0 bridgehead atoms. The number of nitrogens with one attached hydrogen (secondary N) is 4. The van der Waals surface area contributed by atoms with E-state index in [0.29, 0.717) is 12.0 Å². The van der Waals surface area contributed by atoms with E-state index < -0.39 is 59.9 Å². The van der Waals surface area contributed by atoms with E-state index in [4.69, 9.17) is 22.9 Å². The van der Waals surface area contributed by atoms with E-state index in [-0.39, 0.29) is 38.2 Å². The Hall–Kier alpha value is -4.70. The molecule has 5 unspecified atom stereocenters. The van der Waals surface area contributed by atoms with Gasteiger partial charge in [0.2, 0.25) is 23.6 Å².